The third-order valence-corrected chi connectivity index (χ3v) is 7.84. The van der Waals surface area contributed by atoms with Gasteiger partial charge in [-0.25, -0.2) is 4.98 Å². The smallest absolute Gasteiger partial charge is 0.307 e. The van der Waals surface area contributed by atoms with Crippen LogP contribution in [0.2, 0.25) is 5.02 Å². The van der Waals surface area contributed by atoms with Gasteiger partial charge in [0.15, 0.2) is 0 Å². The number of anilines is 1. The highest BCUT2D eigenvalue weighted by Gasteiger charge is 2.12. The first-order valence-corrected chi connectivity index (χ1v) is 14.4. The van der Waals surface area contributed by atoms with E-state index >= 15 is 0 Å². The van der Waals surface area contributed by atoms with E-state index in [4.69, 9.17) is 26.1 Å². The number of aromatic nitrogens is 3. The van der Waals surface area contributed by atoms with E-state index in [-0.39, 0.29) is 23.3 Å². The van der Waals surface area contributed by atoms with Crippen LogP contribution in [0.4, 0.5) is 5.69 Å². The summed E-state index contributed by atoms with van der Waals surface area (Å²) >= 11 is 6.98. The van der Waals surface area contributed by atoms with Crippen LogP contribution in [-0.4, -0.2) is 25.5 Å². The fourth-order valence-electron chi connectivity index (χ4n) is 4.50. The minimum Gasteiger partial charge on any atom is -0.494 e. The molecule has 0 saturated carbocycles. The topological polar surface area (TPSA) is 118 Å². The maximum atomic E-state index is 12.5. The van der Waals surface area contributed by atoms with Crippen LogP contribution in [0.5, 0.6) is 23.1 Å². The number of nitrogens with zero attached hydrogens (tertiary/aromatic N) is 2. The predicted octanol–water partition coefficient (Wildman–Crippen LogP) is 6.90. The summed E-state index contributed by atoms with van der Waals surface area (Å²) in [4.78, 5) is 31.3. The molecule has 0 atom stereocenters. The summed E-state index contributed by atoms with van der Waals surface area (Å²) in [6.07, 6.45) is 0.454. The van der Waals surface area contributed by atoms with E-state index in [1.807, 2.05) is 54.1 Å². The molecule has 0 saturated heterocycles. The first-order valence-electron chi connectivity index (χ1n) is 13.2. The van der Waals surface area contributed by atoms with Gasteiger partial charge in [0.25, 0.3) is 5.91 Å². The van der Waals surface area contributed by atoms with Crippen LogP contribution < -0.4 is 19.7 Å². The van der Waals surface area contributed by atoms with Crippen molar-refractivity contribution in [3.8, 4) is 23.1 Å². The lowest BCUT2D eigenvalue weighted by molar-refractivity contribution is 0.102. The van der Waals surface area contributed by atoms with Crippen LogP contribution in [0, 0.1) is 0 Å². The molecule has 3 N–H and O–H groups in total. The molecule has 0 unspecified atom stereocenters. The Morgan fingerprint density at radius 3 is 2.47 bits per heavy atom. The number of rotatable bonds is 9. The number of aryl methyl sites for hydroxylation is 1. The molecule has 4 aromatic carbocycles. The van der Waals surface area contributed by atoms with Gasteiger partial charge in [-0.1, -0.05) is 41.1 Å². The Hall–Kier alpha value is -5.06. The molecule has 1 amide bonds. The lowest BCUT2D eigenvalue weighted by Crippen LogP contribution is -2.11. The maximum absolute atomic E-state index is 12.5. The van der Waals surface area contributed by atoms with E-state index < -0.39 is 0 Å². The molecule has 0 aliphatic rings. The third kappa shape index (κ3) is 6.56. The van der Waals surface area contributed by atoms with Gasteiger partial charge in [0, 0.05) is 35.8 Å². The molecule has 0 fully saturated rings. The van der Waals surface area contributed by atoms with E-state index in [2.05, 4.69) is 10.3 Å². The Morgan fingerprint density at radius 1 is 1.00 bits per heavy atom. The fourth-order valence-corrected chi connectivity index (χ4v) is 5.44. The largest absolute Gasteiger partial charge is 0.494 e. The Labute approximate surface area is 254 Å². The normalized spacial score (nSPS) is 11.0. The number of aromatic hydroxyl groups is 1. The number of benzene rings is 4. The lowest BCUT2D eigenvalue weighted by atomic mass is 10.1. The van der Waals surface area contributed by atoms with E-state index in [1.165, 1.54) is 0 Å². The van der Waals surface area contributed by atoms with E-state index in [0.717, 1.165) is 33.8 Å². The Bertz CT molecular complexity index is 1980. The number of hydrogen-bond acceptors (Lipinski definition) is 7. The number of carbonyl (C=O) groups excluding carboxylic acids is 1. The van der Waals surface area contributed by atoms with Crippen molar-refractivity contribution in [2.45, 2.75) is 13.0 Å². The number of thiazole rings is 1. The van der Waals surface area contributed by atoms with Gasteiger partial charge in [0.05, 0.1) is 15.9 Å². The summed E-state index contributed by atoms with van der Waals surface area (Å²) < 4.78 is 14.0. The van der Waals surface area contributed by atoms with E-state index in [9.17, 15) is 14.7 Å². The van der Waals surface area contributed by atoms with Crippen molar-refractivity contribution in [2.75, 3.05) is 5.32 Å². The minimum atomic E-state index is -0.277. The average molecular weight is 613 g/mol. The number of imidazole rings is 1. The maximum Gasteiger partial charge on any atom is 0.307 e. The zero-order valence-corrected chi connectivity index (χ0v) is 24.4. The summed E-state index contributed by atoms with van der Waals surface area (Å²) in [5.74, 6) is 2.36. The van der Waals surface area contributed by atoms with Crippen molar-refractivity contribution in [3.63, 3.8) is 0 Å². The molecule has 0 radical (unpaired) electrons. The lowest BCUT2D eigenvalue weighted by Gasteiger charge is -2.09. The molecule has 0 aliphatic heterocycles. The quantitative estimate of drug-likeness (QED) is 0.163. The molecule has 0 bridgehead atoms. The van der Waals surface area contributed by atoms with Crippen LogP contribution in [-0.2, 0) is 20.1 Å². The fraction of sp³-hybridized carbons (Fsp3) is 0.0938. The monoisotopic (exact) mass is 612 g/mol. The second kappa shape index (κ2) is 12.0. The number of H-pyrrole nitrogens is 1. The number of hydrogen-bond donors (Lipinski definition) is 3. The number of amides is 1. The second-order valence-corrected chi connectivity index (χ2v) is 11.2. The zero-order chi connectivity index (χ0) is 29.9. The number of nitrogens with one attached hydrogen (secondary N) is 2. The molecular weight excluding hydrogens is 588 g/mol. The Kier molecular flexibility index (Phi) is 7.86. The Balaban J connectivity index is 1.07. The predicted molar refractivity (Wildman–Crippen MR) is 167 cm³/mol. The molecule has 2 heterocycles. The molecule has 43 heavy (non-hydrogen) atoms. The molecule has 0 spiro atoms. The third-order valence-electron chi connectivity index (χ3n) is 6.74. The van der Waals surface area contributed by atoms with Crippen molar-refractivity contribution >= 4 is 45.6 Å². The average Bonchev–Trinajstić information content (AvgIpc) is 3.49. The van der Waals surface area contributed by atoms with Gasteiger partial charge in [-0.3, -0.25) is 14.6 Å². The highest BCUT2D eigenvalue weighted by Crippen LogP contribution is 2.28. The number of fused-ring (bicyclic) bond motifs is 1. The summed E-state index contributed by atoms with van der Waals surface area (Å²) in [6, 6.07) is 27.1. The van der Waals surface area contributed by atoms with Crippen LogP contribution in [0.25, 0.3) is 11.0 Å². The minimum absolute atomic E-state index is 0.0837. The van der Waals surface area contributed by atoms with Crippen LogP contribution in [0.15, 0.2) is 95.8 Å². The van der Waals surface area contributed by atoms with Crippen molar-refractivity contribution < 1.29 is 19.4 Å². The summed E-state index contributed by atoms with van der Waals surface area (Å²) in [5, 5.41) is 13.2. The van der Waals surface area contributed by atoms with Crippen molar-refractivity contribution in [3.05, 3.63) is 128 Å². The number of aromatic amines is 1. The molecule has 216 valence electrons. The van der Waals surface area contributed by atoms with Gasteiger partial charge in [-0.2, -0.15) is 0 Å². The molecule has 2 aromatic heterocycles. The first-order chi connectivity index (χ1) is 20.8. The van der Waals surface area contributed by atoms with Crippen molar-refractivity contribution in [1.29, 1.82) is 0 Å². The molecule has 11 heteroatoms. The van der Waals surface area contributed by atoms with Crippen LogP contribution in [0.3, 0.4) is 0 Å². The van der Waals surface area contributed by atoms with Crippen LogP contribution in [0.1, 0.15) is 26.6 Å². The zero-order valence-electron chi connectivity index (χ0n) is 22.8. The highest BCUT2D eigenvalue weighted by atomic mass is 35.5. The standard InChI is InChI=1S/C32H25ClN4O5S/c1-37-27-17-25(42-24-11-7-22(8-12-24)34-30(38)20-3-2-4-21(33)16-20)13-14-26(27)35-29(37)18-41-23-9-5-19(6-10-23)15-28-31(39)36-32(40)43-28/h2-14,16-17,39H,15,18H2,1H3,(H,34,38)(H,36,40). The van der Waals surface area contributed by atoms with Crippen LogP contribution >= 0.6 is 22.9 Å². The summed E-state index contributed by atoms with van der Waals surface area (Å²) in [7, 11) is 1.92. The van der Waals surface area contributed by atoms with Gasteiger partial charge < -0.3 is 24.5 Å². The Morgan fingerprint density at radius 2 is 1.74 bits per heavy atom. The van der Waals surface area contributed by atoms with Gasteiger partial charge in [-0.15, -0.1) is 0 Å². The van der Waals surface area contributed by atoms with E-state index in [1.54, 1.807) is 48.5 Å². The molecule has 6 rings (SSSR count). The molecule has 0 aliphatic carbocycles. The molecule has 6 aromatic rings. The summed E-state index contributed by atoms with van der Waals surface area (Å²) in [5.41, 5.74) is 3.77. The van der Waals surface area contributed by atoms with Gasteiger partial charge >= 0.3 is 4.87 Å². The SMILES string of the molecule is Cn1c(COc2ccc(Cc3sc(=O)[nH]c3O)cc2)nc2ccc(Oc3ccc(NC(=O)c4cccc(Cl)c4)cc3)cc21. The first kappa shape index (κ1) is 28.1. The highest BCUT2D eigenvalue weighted by molar-refractivity contribution is 7.09. The second-order valence-electron chi connectivity index (χ2n) is 9.72. The molecular formula is C32H25ClN4O5S. The number of carbonyl (C=O) groups is 1. The van der Waals surface area contributed by atoms with Crippen molar-refractivity contribution in [1.82, 2.24) is 14.5 Å². The molecule has 9 nitrogen and oxygen atoms in total. The van der Waals surface area contributed by atoms with Crippen molar-refractivity contribution in [2.24, 2.45) is 7.05 Å². The number of halogens is 1. The van der Waals surface area contributed by atoms with Gasteiger partial charge in [-0.05, 0) is 72.3 Å². The number of ether oxygens (including phenoxy) is 2. The van der Waals surface area contributed by atoms with E-state index in [0.29, 0.717) is 44.8 Å². The van der Waals surface area contributed by atoms with Gasteiger partial charge in [0.2, 0.25) is 5.88 Å². The summed E-state index contributed by atoms with van der Waals surface area (Å²) in [6.45, 7) is 0.267. The van der Waals surface area contributed by atoms with Gasteiger partial charge in [0.1, 0.15) is 29.7 Å².